The minimum Gasteiger partial charge on any atom is -0.390 e. The summed E-state index contributed by atoms with van der Waals surface area (Å²) in [6.07, 6.45) is -1.91. The minimum absolute atomic E-state index is 0.0349. The Balaban J connectivity index is 2.00. The monoisotopic (exact) mass is 413 g/mol. The molecular weight excluding hydrogens is 395 g/mol. The molecule has 2 aliphatic rings. The zero-order chi connectivity index (χ0) is 20.6. The molecule has 1 aliphatic heterocycles. The second-order valence-electron chi connectivity index (χ2n) is 6.71. The van der Waals surface area contributed by atoms with Gasteiger partial charge in [0.15, 0.2) is 5.11 Å². The van der Waals surface area contributed by atoms with Crippen LogP contribution >= 0.6 is 12.2 Å². The number of aliphatic hydroxyl groups excluding tert-OH is 2. The van der Waals surface area contributed by atoms with Gasteiger partial charge in [0.2, 0.25) is 5.91 Å². The lowest BCUT2D eigenvalue weighted by Gasteiger charge is -2.41. The van der Waals surface area contributed by atoms with Crippen LogP contribution in [0.3, 0.4) is 0 Å². The van der Waals surface area contributed by atoms with Gasteiger partial charge >= 0.3 is 6.18 Å². The number of nitrogens with one attached hydrogen (secondary N) is 2. The zero-order valence-corrected chi connectivity index (χ0v) is 15.3. The van der Waals surface area contributed by atoms with Crippen molar-refractivity contribution < 1.29 is 28.2 Å². The Morgan fingerprint density at radius 1 is 1.43 bits per heavy atom. The van der Waals surface area contributed by atoms with Gasteiger partial charge in [-0.1, -0.05) is 12.0 Å². The lowest BCUT2D eigenvalue weighted by atomic mass is 9.77. The predicted octanol–water partition coefficient (Wildman–Crippen LogP) is 0.628. The number of nitrogens with zero attached hydrogens (tertiary/aromatic N) is 1. The normalized spacial score (nSPS) is 29.6. The van der Waals surface area contributed by atoms with Crippen molar-refractivity contribution in [3.05, 3.63) is 29.8 Å². The van der Waals surface area contributed by atoms with E-state index in [9.17, 15) is 28.2 Å². The lowest BCUT2D eigenvalue weighted by Crippen LogP contribution is -2.61. The van der Waals surface area contributed by atoms with Gasteiger partial charge in [-0.2, -0.15) is 13.2 Å². The average Bonchev–Trinajstić information content (AvgIpc) is 2.99. The van der Waals surface area contributed by atoms with Crippen LogP contribution in [0.1, 0.15) is 12.0 Å². The maximum absolute atomic E-state index is 13.1. The Hall–Kier alpha value is -2.35. The van der Waals surface area contributed by atoms with E-state index >= 15 is 0 Å². The molecule has 0 aromatic heterocycles. The summed E-state index contributed by atoms with van der Waals surface area (Å²) in [5, 5.41) is 25.9. The van der Waals surface area contributed by atoms with Crippen molar-refractivity contribution in [3.8, 4) is 12.3 Å². The number of anilines is 1. The molecule has 10 heteroatoms. The molecule has 1 saturated heterocycles. The number of carbonyl (C=O) groups is 1. The molecule has 3 rings (SSSR count). The Morgan fingerprint density at radius 3 is 2.79 bits per heavy atom. The minimum atomic E-state index is -4.55. The highest BCUT2D eigenvalue weighted by Crippen LogP contribution is 2.38. The van der Waals surface area contributed by atoms with E-state index in [-0.39, 0.29) is 23.8 Å². The first-order valence-corrected chi connectivity index (χ1v) is 8.90. The number of aliphatic hydroxyl groups is 2. The molecule has 1 saturated carbocycles. The molecule has 1 amide bonds. The summed E-state index contributed by atoms with van der Waals surface area (Å²) >= 11 is 5.27. The Bertz CT molecular complexity index is 826. The maximum atomic E-state index is 13.1. The second-order valence-corrected chi connectivity index (χ2v) is 7.09. The highest BCUT2D eigenvalue weighted by Gasteiger charge is 2.54. The highest BCUT2D eigenvalue weighted by molar-refractivity contribution is 7.80. The largest absolute Gasteiger partial charge is 0.416 e. The van der Waals surface area contributed by atoms with E-state index in [1.807, 2.05) is 0 Å². The molecule has 1 heterocycles. The fourth-order valence-electron chi connectivity index (χ4n) is 3.74. The molecule has 0 bridgehead atoms. The van der Waals surface area contributed by atoms with Crippen LogP contribution in [0.5, 0.6) is 0 Å². The van der Waals surface area contributed by atoms with E-state index in [0.717, 1.165) is 12.1 Å². The summed E-state index contributed by atoms with van der Waals surface area (Å²) in [4.78, 5) is 14.0. The molecule has 28 heavy (non-hydrogen) atoms. The molecular formula is C18H18F3N3O3S. The van der Waals surface area contributed by atoms with Gasteiger partial charge in [0.05, 0.1) is 36.2 Å². The van der Waals surface area contributed by atoms with E-state index < -0.39 is 47.9 Å². The summed E-state index contributed by atoms with van der Waals surface area (Å²) in [6.45, 7) is -0.0349. The van der Waals surface area contributed by atoms with Gasteiger partial charge in [-0.3, -0.25) is 4.79 Å². The molecule has 0 spiro atoms. The fraction of sp³-hybridized carbons (Fsp3) is 0.444. The number of benzene rings is 1. The number of carbonyl (C=O) groups excluding carboxylic acids is 1. The van der Waals surface area contributed by atoms with Crippen LogP contribution in [0.2, 0.25) is 0 Å². The number of hydrogen-bond acceptors (Lipinski definition) is 4. The molecule has 1 aromatic rings. The number of amides is 1. The van der Waals surface area contributed by atoms with Gasteiger partial charge in [0.1, 0.15) is 6.10 Å². The molecule has 2 fully saturated rings. The first-order chi connectivity index (χ1) is 13.1. The summed E-state index contributed by atoms with van der Waals surface area (Å²) in [5.41, 5.74) is -0.723. The van der Waals surface area contributed by atoms with Crippen molar-refractivity contribution in [1.29, 1.82) is 0 Å². The first kappa shape index (κ1) is 20.4. The first-order valence-electron chi connectivity index (χ1n) is 8.49. The summed E-state index contributed by atoms with van der Waals surface area (Å²) < 4.78 is 39.4. The quantitative estimate of drug-likeness (QED) is 0.430. The molecule has 4 N–H and O–H groups in total. The van der Waals surface area contributed by atoms with E-state index in [1.54, 1.807) is 0 Å². The van der Waals surface area contributed by atoms with Gasteiger partial charge in [-0.05, 0) is 36.8 Å². The van der Waals surface area contributed by atoms with Crippen LogP contribution in [0.15, 0.2) is 24.3 Å². The van der Waals surface area contributed by atoms with E-state index in [4.69, 9.17) is 18.6 Å². The van der Waals surface area contributed by atoms with E-state index in [1.165, 1.54) is 17.0 Å². The molecule has 1 aliphatic carbocycles. The summed E-state index contributed by atoms with van der Waals surface area (Å²) in [5.74, 6) is 0.951. The third kappa shape index (κ3) is 3.65. The molecule has 1 aromatic carbocycles. The number of alkyl halides is 3. The van der Waals surface area contributed by atoms with Crippen LogP contribution in [0.4, 0.5) is 18.9 Å². The fourth-order valence-corrected chi connectivity index (χ4v) is 4.11. The second kappa shape index (κ2) is 7.58. The number of rotatable bonds is 3. The SMILES string of the molecule is C#CCNC(=O)C1CC(O)C(O)C2NC(=S)N(c3cccc(C(F)(F)F)c3)C12. The van der Waals surface area contributed by atoms with Crippen molar-refractivity contribution >= 4 is 28.9 Å². The average molecular weight is 413 g/mol. The van der Waals surface area contributed by atoms with Gasteiger partial charge in [-0.25, -0.2) is 0 Å². The van der Waals surface area contributed by atoms with Gasteiger partial charge in [0.25, 0.3) is 0 Å². The number of terminal acetylenes is 1. The molecule has 5 unspecified atom stereocenters. The van der Waals surface area contributed by atoms with E-state index in [2.05, 4.69) is 16.6 Å². The van der Waals surface area contributed by atoms with Crippen LogP contribution in [-0.2, 0) is 11.0 Å². The van der Waals surface area contributed by atoms with Gasteiger partial charge in [-0.15, -0.1) is 6.42 Å². The smallest absolute Gasteiger partial charge is 0.390 e. The topological polar surface area (TPSA) is 84.8 Å². The van der Waals surface area contributed by atoms with E-state index in [0.29, 0.717) is 0 Å². The zero-order valence-electron chi connectivity index (χ0n) is 14.5. The lowest BCUT2D eigenvalue weighted by molar-refractivity contribution is -0.137. The van der Waals surface area contributed by atoms with Crippen molar-refractivity contribution in [2.45, 2.75) is 36.9 Å². The van der Waals surface area contributed by atoms with Crippen LogP contribution in [-0.4, -0.2) is 52.1 Å². The Kier molecular flexibility index (Phi) is 5.52. The standard InChI is InChI=1S/C18H18F3N3O3S/c1-2-6-22-16(27)11-8-12(25)15(26)13-14(11)24(17(28)23-13)10-5-3-4-9(7-10)18(19,20)21/h1,3-5,7,11-15,25-26H,6,8H2,(H,22,27)(H,23,28). The molecule has 150 valence electrons. The third-order valence-corrected chi connectivity index (χ3v) is 5.31. The van der Waals surface area contributed by atoms with Crippen molar-refractivity contribution in [2.24, 2.45) is 5.92 Å². The van der Waals surface area contributed by atoms with Crippen molar-refractivity contribution in [2.75, 3.05) is 11.4 Å². The molecule has 0 radical (unpaired) electrons. The van der Waals surface area contributed by atoms with Crippen molar-refractivity contribution in [3.63, 3.8) is 0 Å². The predicted molar refractivity (Wildman–Crippen MR) is 99.2 cm³/mol. The van der Waals surface area contributed by atoms with Gasteiger partial charge < -0.3 is 25.7 Å². The molecule has 6 nitrogen and oxygen atoms in total. The maximum Gasteiger partial charge on any atom is 0.416 e. The number of hydrogen-bond donors (Lipinski definition) is 4. The molecule has 5 atom stereocenters. The number of halogens is 3. The highest BCUT2D eigenvalue weighted by atomic mass is 32.1. The third-order valence-electron chi connectivity index (χ3n) is 5.00. The van der Waals surface area contributed by atoms with Crippen LogP contribution < -0.4 is 15.5 Å². The van der Waals surface area contributed by atoms with Gasteiger partial charge in [0, 0.05) is 5.69 Å². The van der Waals surface area contributed by atoms with Crippen LogP contribution in [0.25, 0.3) is 0 Å². The summed E-state index contributed by atoms with van der Waals surface area (Å²) in [6, 6.07) is 2.95. The van der Waals surface area contributed by atoms with Crippen LogP contribution in [0, 0.1) is 18.3 Å². The Morgan fingerprint density at radius 2 is 2.14 bits per heavy atom. The van der Waals surface area contributed by atoms with Crippen molar-refractivity contribution in [1.82, 2.24) is 10.6 Å². The summed E-state index contributed by atoms with van der Waals surface area (Å²) in [7, 11) is 0. The number of fused-ring (bicyclic) bond motifs is 1. The number of thiocarbonyl (C=S) groups is 1. The Labute approximate surface area is 164 Å².